The number of guanidine groups is 1. The summed E-state index contributed by atoms with van der Waals surface area (Å²) in [5.41, 5.74) is 5.98. The third-order valence-electron chi connectivity index (χ3n) is 10.5. The number of nitrogens with zero attached hydrogens (tertiary/aromatic N) is 1. The van der Waals surface area contributed by atoms with Crippen LogP contribution in [0.1, 0.15) is 91.9 Å². The van der Waals surface area contributed by atoms with E-state index in [9.17, 15) is 10.2 Å². The Morgan fingerprint density at radius 2 is 1.94 bits per heavy atom. The van der Waals surface area contributed by atoms with Gasteiger partial charge in [0.05, 0.1) is 17.9 Å². The van der Waals surface area contributed by atoms with E-state index in [-0.39, 0.29) is 22.9 Å². The van der Waals surface area contributed by atoms with E-state index in [1.165, 1.54) is 6.42 Å². The maximum Gasteiger partial charge on any atom is 0.197 e. The molecule has 34 heavy (non-hydrogen) atoms. The molecular formula is C27H46N4O3. The number of rotatable bonds is 6. The van der Waals surface area contributed by atoms with Crippen molar-refractivity contribution in [3.8, 4) is 0 Å². The molecule has 0 heterocycles. The quantitative estimate of drug-likeness (QED) is 0.170. The van der Waals surface area contributed by atoms with Gasteiger partial charge in [-0.3, -0.25) is 5.41 Å². The summed E-state index contributed by atoms with van der Waals surface area (Å²) in [5, 5.41) is 36.7. The van der Waals surface area contributed by atoms with Gasteiger partial charge in [-0.2, -0.15) is 0 Å². The first-order chi connectivity index (χ1) is 16.0. The van der Waals surface area contributed by atoms with Crippen LogP contribution in [-0.2, 0) is 4.84 Å². The number of fused-ring (bicyclic) bond motifs is 5. The Bertz CT molecular complexity index is 831. The highest BCUT2D eigenvalue weighted by Crippen LogP contribution is 2.69. The number of hydrogen-bond acceptors (Lipinski definition) is 5. The molecule has 192 valence electrons. The van der Waals surface area contributed by atoms with Crippen LogP contribution in [0.15, 0.2) is 16.8 Å². The lowest BCUT2D eigenvalue weighted by Crippen LogP contribution is -2.62. The highest BCUT2D eigenvalue weighted by atomic mass is 16.6. The largest absolute Gasteiger partial charge is 0.393 e. The monoisotopic (exact) mass is 474 g/mol. The molecule has 7 nitrogen and oxygen atoms in total. The van der Waals surface area contributed by atoms with Crippen LogP contribution in [0.25, 0.3) is 0 Å². The zero-order valence-corrected chi connectivity index (χ0v) is 21.5. The summed E-state index contributed by atoms with van der Waals surface area (Å²) in [6, 6.07) is 0. The molecule has 0 aromatic rings. The fourth-order valence-corrected chi connectivity index (χ4v) is 8.46. The zero-order chi connectivity index (χ0) is 24.7. The highest BCUT2D eigenvalue weighted by Gasteiger charge is 2.66. The molecule has 0 radical (unpaired) electrons. The van der Waals surface area contributed by atoms with Gasteiger partial charge in [-0.25, -0.2) is 0 Å². The van der Waals surface area contributed by atoms with Crippen molar-refractivity contribution in [3.63, 3.8) is 0 Å². The molecule has 1 unspecified atom stereocenters. The van der Waals surface area contributed by atoms with E-state index in [1.54, 1.807) is 13.1 Å². The van der Waals surface area contributed by atoms with E-state index in [1.807, 2.05) is 0 Å². The molecule has 4 aliphatic carbocycles. The average molecular weight is 475 g/mol. The van der Waals surface area contributed by atoms with E-state index >= 15 is 0 Å². The van der Waals surface area contributed by atoms with Crippen molar-refractivity contribution < 1.29 is 15.1 Å². The lowest BCUT2D eigenvalue weighted by molar-refractivity contribution is -0.207. The van der Waals surface area contributed by atoms with E-state index in [2.05, 4.69) is 37.3 Å². The molecule has 0 bridgehead atoms. The third-order valence-corrected chi connectivity index (χ3v) is 10.5. The molecule has 0 aliphatic heterocycles. The molecule has 4 aliphatic rings. The Kier molecular flexibility index (Phi) is 7.09. The summed E-state index contributed by atoms with van der Waals surface area (Å²) in [6.07, 6.45) is 13.7. The predicted molar refractivity (Wildman–Crippen MR) is 135 cm³/mol. The van der Waals surface area contributed by atoms with Crippen molar-refractivity contribution in [3.05, 3.63) is 11.6 Å². The van der Waals surface area contributed by atoms with E-state index < -0.39 is 11.8 Å². The fraction of sp³-hybridized carbons (Fsp3) is 0.852. The van der Waals surface area contributed by atoms with Gasteiger partial charge in [0.25, 0.3) is 0 Å². The molecule has 0 aromatic carbocycles. The molecule has 4 rings (SSSR count). The number of nitrogens with one attached hydrogen (secondary N) is 2. The number of allylic oxidation sites excluding steroid dienone is 2. The van der Waals surface area contributed by atoms with Gasteiger partial charge in [-0.05, 0) is 106 Å². The number of nitrogens with two attached hydrogens (primary N) is 1. The fourth-order valence-electron chi connectivity index (χ4n) is 8.46. The van der Waals surface area contributed by atoms with Gasteiger partial charge in [0, 0.05) is 5.41 Å². The zero-order valence-electron chi connectivity index (χ0n) is 21.5. The van der Waals surface area contributed by atoms with Crippen molar-refractivity contribution in [2.75, 3.05) is 0 Å². The van der Waals surface area contributed by atoms with Gasteiger partial charge >= 0.3 is 0 Å². The van der Waals surface area contributed by atoms with E-state index in [0.29, 0.717) is 23.7 Å². The van der Waals surface area contributed by atoms with Crippen LogP contribution in [0.5, 0.6) is 0 Å². The molecule has 0 saturated heterocycles. The second-order valence-electron chi connectivity index (χ2n) is 12.1. The molecule has 4 fully saturated rings. The molecule has 0 spiro atoms. The standard InChI is InChI=1S/C27H46N4O3/c1-5-18(16-30-34-17(2)31-24(28)29)14-20-8-13-27(33)23-7-6-19-15-21(32)9-11-25(19,3)22(23)10-12-26(20,27)4/h14,16-17,19-23,32-33H,5-13,15H2,1-4H3,(H4,28,29,31)/b18-14+,30-16+/t17?,19-,20-,21+,22+,23-,25+,26-,27+/m1/s1. The van der Waals surface area contributed by atoms with Gasteiger partial charge in [0.2, 0.25) is 0 Å². The summed E-state index contributed by atoms with van der Waals surface area (Å²) in [4.78, 5) is 5.37. The second-order valence-corrected chi connectivity index (χ2v) is 12.1. The summed E-state index contributed by atoms with van der Waals surface area (Å²) in [7, 11) is 0. The summed E-state index contributed by atoms with van der Waals surface area (Å²) in [6.45, 7) is 8.67. The molecular weight excluding hydrogens is 428 g/mol. The highest BCUT2D eigenvalue weighted by molar-refractivity contribution is 5.78. The van der Waals surface area contributed by atoms with Crippen molar-refractivity contribution in [1.82, 2.24) is 5.32 Å². The molecule has 0 aromatic heterocycles. The van der Waals surface area contributed by atoms with Crippen LogP contribution in [-0.4, -0.2) is 40.3 Å². The third kappa shape index (κ3) is 4.27. The number of hydrogen-bond donors (Lipinski definition) is 5. The lowest BCUT2D eigenvalue weighted by Gasteiger charge is -2.63. The minimum absolute atomic E-state index is 0.121. The van der Waals surface area contributed by atoms with Crippen LogP contribution in [0.2, 0.25) is 0 Å². The van der Waals surface area contributed by atoms with Crippen molar-refractivity contribution in [1.29, 1.82) is 5.41 Å². The van der Waals surface area contributed by atoms with Crippen LogP contribution in [0, 0.1) is 39.9 Å². The van der Waals surface area contributed by atoms with E-state index in [0.717, 1.165) is 63.4 Å². The van der Waals surface area contributed by atoms with Gasteiger partial charge in [0.15, 0.2) is 12.2 Å². The smallest absolute Gasteiger partial charge is 0.197 e. The first kappa shape index (κ1) is 25.5. The molecule has 0 amide bonds. The summed E-state index contributed by atoms with van der Waals surface area (Å²) < 4.78 is 0. The van der Waals surface area contributed by atoms with E-state index in [4.69, 9.17) is 16.0 Å². The van der Waals surface area contributed by atoms with Gasteiger partial charge in [-0.1, -0.05) is 32.0 Å². The maximum atomic E-state index is 12.3. The first-order valence-electron chi connectivity index (χ1n) is 13.4. The number of aliphatic hydroxyl groups excluding tert-OH is 1. The SMILES string of the molecule is CCC(/C=N/OC(C)NC(=N)N)=C\[C@H]1CC[C@]2(O)[C@@H]3CC[C@@H]4C[C@@H](O)CC[C@]4(C)[C@H]3CC[C@]12C. The maximum absolute atomic E-state index is 12.3. The van der Waals surface area contributed by atoms with Crippen molar-refractivity contribution in [2.45, 2.75) is 110 Å². The van der Waals surface area contributed by atoms with Gasteiger partial charge < -0.3 is 26.1 Å². The number of aliphatic hydroxyl groups is 2. The van der Waals surface area contributed by atoms with Crippen LogP contribution in [0.4, 0.5) is 0 Å². The Morgan fingerprint density at radius 3 is 2.65 bits per heavy atom. The molecule has 6 N–H and O–H groups in total. The molecule has 4 saturated carbocycles. The Morgan fingerprint density at radius 1 is 1.18 bits per heavy atom. The lowest BCUT2D eigenvalue weighted by atomic mass is 9.43. The predicted octanol–water partition coefficient (Wildman–Crippen LogP) is 4.29. The first-order valence-corrected chi connectivity index (χ1v) is 13.4. The Hall–Kier alpha value is -1.60. The average Bonchev–Trinajstić information content (AvgIpc) is 3.03. The normalized spacial score (nSPS) is 45.2. The summed E-state index contributed by atoms with van der Waals surface area (Å²) >= 11 is 0. The van der Waals surface area contributed by atoms with Gasteiger partial charge in [0.1, 0.15) is 0 Å². The Labute approximate surface area is 205 Å². The minimum Gasteiger partial charge on any atom is -0.393 e. The number of oxime groups is 1. The topological polar surface area (TPSA) is 124 Å². The van der Waals surface area contributed by atoms with Crippen LogP contribution >= 0.6 is 0 Å². The second kappa shape index (κ2) is 9.45. The van der Waals surface area contributed by atoms with Crippen molar-refractivity contribution in [2.24, 2.45) is 45.4 Å². The molecule has 7 heteroatoms. The minimum atomic E-state index is -0.618. The Balaban J connectivity index is 1.50. The molecule has 9 atom stereocenters. The van der Waals surface area contributed by atoms with Crippen molar-refractivity contribution >= 4 is 12.2 Å². The van der Waals surface area contributed by atoms with Gasteiger partial charge in [-0.15, -0.1) is 0 Å². The summed E-state index contributed by atoms with van der Waals surface area (Å²) in [5.74, 6) is 1.71. The van der Waals surface area contributed by atoms with Crippen LogP contribution in [0.3, 0.4) is 0 Å². The van der Waals surface area contributed by atoms with Crippen LogP contribution < -0.4 is 11.1 Å².